The first-order valence-electron chi connectivity index (χ1n) is 5.25. The largest absolute Gasteiger partial charge is 0.493 e. The summed E-state index contributed by atoms with van der Waals surface area (Å²) < 4.78 is 10.8. The van der Waals surface area contributed by atoms with E-state index in [1.165, 1.54) is 0 Å². The van der Waals surface area contributed by atoms with Crippen LogP contribution in [-0.4, -0.2) is 13.7 Å². The lowest BCUT2D eigenvalue weighted by atomic mass is 10.2. The first kappa shape index (κ1) is 11.6. The van der Waals surface area contributed by atoms with Crippen LogP contribution in [0.25, 0.3) is 6.08 Å². The normalized spacial score (nSPS) is 10.6. The molecule has 0 aliphatic heterocycles. The number of rotatable bonds is 5. The van der Waals surface area contributed by atoms with Gasteiger partial charge in [-0.25, -0.2) is 0 Å². The molecule has 0 unspecified atom stereocenters. The minimum atomic E-state index is 0.722. The number of benzene rings is 1. The Labute approximate surface area is 91.5 Å². The third-order valence-electron chi connectivity index (χ3n) is 2.01. The van der Waals surface area contributed by atoms with Crippen molar-refractivity contribution in [3.8, 4) is 11.5 Å². The van der Waals surface area contributed by atoms with Crippen molar-refractivity contribution >= 4 is 6.08 Å². The lowest BCUT2D eigenvalue weighted by Gasteiger charge is -2.10. The van der Waals surface area contributed by atoms with E-state index in [9.17, 15) is 0 Å². The highest BCUT2D eigenvalue weighted by Gasteiger charge is 2.03. The van der Waals surface area contributed by atoms with Crippen molar-refractivity contribution in [2.75, 3.05) is 13.7 Å². The number of hydrogen-bond donors (Lipinski definition) is 0. The van der Waals surface area contributed by atoms with E-state index in [0.29, 0.717) is 0 Å². The van der Waals surface area contributed by atoms with Gasteiger partial charge in [0, 0.05) is 0 Å². The summed E-state index contributed by atoms with van der Waals surface area (Å²) in [4.78, 5) is 0. The van der Waals surface area contributed by atoms with Crippen LogP contribution in [0.3, 0.4) is 0 Å². The maximum Gasteiger partial charge on any atom is 0.161 e. The van der Waals surface area contributed by atoms with Gasteiger partial charge in [-0.1, -0.05) is 25.1 Å². The van der Waals surface area contributed by atoms with Crippen LogP contribution in [0.5, 0.6) is 11.5 Å². The van der Waals surface area contributed by atoms with Crippen LogP contribution in [0.4, 0.5) is 0 Å². The van der Waals surface area contributed by atoms with Gasteiger partial charge in [0.15, 0.2) is 11.5 Å². The molecule has 0 spiro atoms. The van der Waals surface area contributed by atoms with Gasteiger partial charge in [-0.05, 0) is 31.0 Å². The Morgan fingerprint density at radius 2 is 2.07 bits per heavy atom. The number of hydrogen-bond acceptors (Lipinski definition) is 2. The van der Waals surface area contributed by atoms with Crippen LogP contribution in [0.1, 0.15) is 25.8 Å². The molecular formula is C13H18O2. The van der Waals surface area contributed by atoms with Crippen molar-refractivity contribution in [2.45, 2.75) is 20.3 Å². The summed E-state index contributed by atoms with van der Waals surface area (Å²) in [5.41, 5.74) is 1.12. The van der Waals surface area contributed by atoms with Gasteiger partial charge in [-0.2, -0.15) is 0 Å². The van der Waals surface area contributed by atoms with Crippen LogP contribution < -0.4 is 9.47 Å². The SMILES string of the molecule is C/C=C\c1ccc(OCCC)c(OC)c1. The molecule has 82 valence electrons. The highest BCUT2D eigenvalue weighted by Crippen LogP contribution is 2.28. The first-order chi connectivity index (χ1) is 7.31. The number of methoxy groups -OCH3 is 1. The molecule has 0 aliphatic rings. The molecule has 0 atom stereocenters. The average molecular weight is 206 g/mol. The summed E-state index contributed by atoms with van der Waals surface area (Å²) >= 11 is 0. The zero-order valence-electron chi connectivity index (χ0n) is 9.62. The summed E-state index contributed by atoms with van der Waals surface area (Å²) in [6.07, 6.45) is 5.03. The quantitative estimate of drug-likeness (QED) is 0.734. The predicted molar refractivity (Wildman–Crippen MR) is 63.5 cm³/mol. The van der Waals surface area contributed by atoms with Crippen molar-refractivity contribution in [3.63, 3.8) is 0 Å². The van der Waals surface area contributed by atoms with Gasteiger partial charge in [-0.3, -0.25) is 0 Å². The zero-order chi connectivity index (χ0) is 11.1. The van der Waals surface area contributed by atoms with Gasteiger partial charge >= 0.3 is 0 Å². The number of allylic oxidation sites excluding steroid dienone is 1. The summed E-state index contributed by atoms with van der Waals surface area (Å²) in [6.45, 7) is 4.80. The van der Waals surface area contributed by atoms with Gasteiger partial charge in [0.05, 0.1) is 13.7 Å². The molecule has 0 saturated carbocycles. The van der Waals surface area contributed by atoms with Gasteiger partial charge < -0.3 is 9.47 Å². The van der Waals surface area contributed by atoms with Crippen molar-refractivity contribution in [1.29, 1.82) is 0 Å². The van der Waals surface area contributed by atoms with Crippen LogP contribution in [0, 0.1) is 0 Å². The lowest BCUT2D eigenvalue weighted by Crippen LogP contribution is -1.97. The molecule has 0 bridgehead atoms. The van der Waals surface area contributed by atoms with Gasteiger partial charge in [0.25, 0.3) is 0 Å². The molecule has 0 amide bonds. The smallest absolute Gasteiger partial charge is 0.161 e. The Kier molecular flexibility index (Phi) is 4.75. The van der Waals surface area contributed by atoms with E-state index in [-0.39, 0.29) is 0 Å². The van der Waals surface area contributed by atoms with Crippen LogP contribution in [0.15, 0.2) is 24.3 Å². The summed E-state index contributed by atoms with van der Waals surface area (Å²) in [5.74, 6) is 1.60. The van der Waals surface area contributed by atoms with Gasteiger partial charge in [0.2, 0.25) is 0 Å². The number of ether oxygens (including phenoxy) is 2. The summed E-state index contributed by atoms with van der Waals surface area (Å²) in [6, 6.07) is 5.95. The lowest BCUT2D eigenvalue weighted by molar-refractivity contribution is 0.294. The van der Waals surface area contributed by atoms with E-state index in [0.717, 1.165) is 30.1 Å². The topological polar surface area (TPSA) is 18.5 Å². The van der Waals surface area contributed by atoms with Crippen molar-refractivity contribution in [1.82, 2.24) is 0 Å². The van der Waals surface area contributed by atoms with Crippen molar-refractivity contribution in [2.24, 2.45) is 0 Å². The van der Waals surface area contributed by atoms with E-state index < -0.39 is 0 Å². The third kappa shape index (κ3) is 3.31. The Balaban J connectivity index is 2.88. The molecule has 1 aromatic rings. The van der Waals surface area contributed by atoms with E-state index >= 15 is 0 Å². The Morgan fingerprint density at radius 1 is 1.27 bits per heavy atom. The first-order valence-corrected chi connectivity index (χ1v) is 5.25. The second-order valence-electron chi connectivity index (χ2n) is 3.26. The molecule has 0 N–H and O–H groups in total. The molecule has 0 aliphatic carbocycles. The molecule has 2 nitrogen and oxygen atoms in total. The monoisotopic (exact) mass is 206 g/mol. The fourth-order valence-corrected chi connectivity index (χ4v) is 1.31. The Morgan fingerprint density at radius 3 is 2.67 bits per heavy atom. The minimum absolute atomic E-state index is 0.722. The highest BCUT2D eigenvalue weighted by atomic mass is 16.5. The molecule has 15 heavy (non-hydrogen) atoms. The second-order valence-corrected chi connectivity index (χ2v) is 3.26. The molecule has 0 heterocycles. The maximum atomic E-state index is 5.56. The fraction of sp³-hybridized carbons (Fsp3) is 0.385. The summed E-state index contributed by atoms with van der Waals surface area (Å²) in [5, 5.41) is 0. The summed E-state index contributed by atoms with van der Waals surface area (Å²) in [7, 11) is 1.66. The standard InChI is InChI=1S/C13H18O2/c1-4-6-11-7-8-12(15-9-5-2)13(10-11)14-3/h4,6-8,10H,5,9H2,1-3H3/b6-4-. The van der Waals surface area contributed by atoms with Crippen molar-refractivity contribution < 1.29 is 9.47 Å². The predicted octanol–water partition coefficient (Wildman–Crippen LogP) is 3.52. The van der Waals surface area contributed by atoms with E-state index in [2.05, 4.69) is 6.92 Å². The van der Waals surface area contributed by atoms with Crippen molar-refractivity contribution in [3.05, 3.63) is 29.8 Å². The molecular weight excluding hydrogens is 188 g/mol. The average Bonchev–Trinajstić information content (AvgIpc) is 2.27. The highest BCUT2D eigenvalue weighted by molar-refractivity contribution is 5.55. The van der Waals surface area contributed by atoms with Crippen LogP contribution >= 0.6 is 0 Å². The zero-order valence-corrected chi connectivity index (χ0v) is 9.62. The van der Waals surface area contributed by atoms with Gasteiger partial charge in [-0.15, -0.1) is 0 Å². The molecule has 0 saturated heterocycles. The molecule has 0 aromatic heterocycles. The molecule has 0 fully saturated rings. The van der Waals surface area contributed by atoms with E-state index in [1.807, 2.05) is 37.3 Å². The fourth-order valence-electron chi connectivity index (χ4n) is 1.31. The maximum absolute atomic E-state index is 5.56. The third-order valence-corrected chi connectivity index (χ3v) is 2.01. The van der Waals surface area contributed by atoms with Crippen LogP contribution in [0.2, 0.25) is 0 Å². The molecule has 2 heteroatoms. The Bertz CT molecular complexity index is 329. The van der Waals surface area contributed by atoms with Gasteiger partial charge in [0.1, 0.15) is 0 Å². The van der Waals surface area contributed by atoms with Crippen LogP contribution in [-0.2, 0) is 0 Å². The molecule has 0 radical (unpaired) electrons. The van der Waals surface area contributed by atoms with E-state index in [4.69, 9.17) is 9.47 Å². The van der Waals surface area contributed by atoms with E-state index in [1.54, 1.807) is 7.11 Å². The minimum Gasteiger partial charge on any atom is -0.493 e. The molecule has 1 aromatic carbocycles. The Hall–Kier alpha value is -1.44. The second kappa shape index (κ2) is 6.12. The molecule has 1 rings (SSSR count).